The molecule has 1 unspecified atom stereocenters. The molecule has 3 heterocycles. The van der Waals surface area contributed by atoms with Crippen LogP contribution in [0.3, 0.4) is 0 Å². The molecule has 1 N–H and O–H groups in total. The van der Waals surface area contributed by atoms with Gasteiger partial charge in [-0.05, 0) is 37.6 Å². The second-order valence-electron chi connectivity index (χ2n) is 8.01. The van der Waals surface area contributed by atoms with Gasteiger partial charge in [0, 0.05) is 56.8 Å². The molecule has 1 aromatic heterocycles. The van der Waals surface area contributed by atoms with Gasteiger partial charge in [0.05, 0.1) is 0 Å². The van der Waals surface area contributed by atoms with E-state index >= 15 is 0 Å². The summed E-state index contributed by atoms with van der Waals surface area (Å²) in [5.41, 5.74) is 2.35. The number of nitrogens with zero attached hydrogens (tertiary/aromatic N) is 6. The molecule has 2 aliphatic heterocycles. The Bertz CT molecular complexity index is 791. The first-order chi connectivity index (χ1) is 13.6. The van der Waals surface area contributed by atoms with Crippen molar-refractivity contribution in [2.24, 2.45) is 0 Å². The molecule has 2 aliphatic rings. The van der Waals surface area contributed by atoms with Gasteiger partial charge in [-0.1, -0.05) is 24.3 Å². The summed E-state index contributed by atoms with van der Waals surface area (Å²) < 4.78 is 0. The average Bonchev–Trinajstić information content (AvgIpc) is 3.19. The number of H-pyrrole nitrogens is 1. The highest BCUT2D eigenvalue weighted by Gasteiger charge is 2.41. The van der Waals surface area contributed by atoms with Crippen molar-refractivity contribution >= 4 is 5.91 Å². The molecular weight excluding hydrogens is 354 g/mol. The summed E-state index contributed by atoms with van der Waals surface area (Å²) in [5.74, 6) is 0.927. The fraction of sp³-hybridized carbons (Fsp3) is 0.600. The summed E-state index contributed by atoms with van der Waals surface area (Å²) in [6.45, 7) is 7.79. The number of hydrogen-bond donors (Lipinski definition) is 1. The van der Waals surface area contributed by atoms with E-state index in [2.05, 4.69) is 68.7 Å². The highest BCUT2D eigenvalue weighted by atomic mass is 16.2. The fourth-order valence-corrected chi connectivity index (χ4v) is 4.55. The van der Waals surface area contributed by atoms with Gasteiger partial charge in [-0.15, -0.1) is 10.2 Å². The number of piperazine rings is 1. The Morgan fingerprint density at radius 2 is 1.96 bits per heavy atom. The molecule has 150 valence electrons. The minimum absolute atomic E-state index is 0.0996. The third-order valence-electron chi connectivity index (χ3n) is 6.43. The van der Waals surface area contributed by atoms with Gasteiger partial charge < -0.3 is 4.90 Å². The van der Waals surface area contributed by atoms with Crippen molar-refractivity contribution in [2.45, 2.75) is 38.3 Å². The van der Waals surface area contributed by atoms with Gasteiger partial charge in [0.15, 0.2) is 0 Å². The molecule has 4 rings (SSSR count). The van der Waals surface area contributed by atoms with Crippen molar-refractivity contribution in [3.05, 3.63) is 29.8 Å². The molecule has 0 bridgehead atoms. The van der Waals surface area contributed by atoms with Gasteiger partial charge in [-0.2, -0.15) is 5.21 Å². The number of rotatable bonds is 4. The van der Waals surface area contributed by atoms with Gasteiger partial charge in [0.1, 0.15) is 0 Å². The Labute approximate surface area is 165 Å². The maximum absolute atomic E-state index is 12.4. The van der Waals surface area contributed by atoms with E-state index in [1.165, 1.54) is 5.56 Å². The van der Waals surface area contributed by atoms with E-state index in [1.807, 2.05) is 4.90 Å². The summed E-state index contributed by atoms with van der Waals surface area (Å²) in [6.07, 6.45) is 2.66. The SMILES string of the molecule is CCN1CCC2(CCC1=O)CN(Cc1ccc(-c3nn[nH]n3)cc1)CCN2C. The molecule has 2 fully saturated rings. The second-order valence-corrected chi connectivity index (χ2v) is 8.01. The number of carbonyl (C=O) groups is 1. The van der Waals surface area contributed by atoms with Crippen LogP contribution in [0.25, 0.3) is 11.4 Å². The monoisotopic (exact) mass is 383 g/mol. The number of nitrogens with one attached hydrogen (secondary N) is 1. The van der Waals surface area contributed by atoms with Crippen LogP contribution in [0.5, 0.6) is 0 Å². The van der Waals surface area contributed by atoms with Crippen molar-refractivity contribution in [1.82, 2.24) is 35.3 Å². The number of amides is 1. The number of likely N-dealkylation sites (N-methyl/N-ethyl adjacent to an activating group) is 1. The van der Waals surface area contributed by atoms with Crippen molar-refractivity contribution < 1.29 is 4.79 Å². The van der Waals surface area contributed by atoms with E-state index in [1.54, 1.807) is 0 Å². The quantitative estimate of drug-likeness (QED) is 0.859. The molecular formula is C20H29N7O. The van der Waals surface area contributed by atoms with Crippen molar-refractivity contribution in [1.29, 1.82) is 0 Å². The summed E-state index contributed by atoms with van der Waals surface area (Å²) in [4.78, 5) is 19.4. The Hall–Kier alpha value is -2.32. The molecule has 1 atom stereocenters. The van der Waals surface area contributed by atoms with Crippen molar-refractivity contribution in [3.8, 4) is 11.4 Å². The van der Waals surface area contributed by atoms with Crippen LogP contribution in [0.1, 0.15) is 31.7 Å². The predicted octanol–water partition coefficient (Wildman–Crippen LogP) is 1.39. The van der Waals surface area contributed by atoms with Gasteiger partial charge in [0.2, 0.25) is 11.7 Å². The van der Waals surface area contributed by atoms with Crippen LogP contribution in [0.15, 0.2) is 24.3 Å². The Balaban J connectivity index is 1.44. The molecule has 1 aromatic carbocycles. The van der Waals surface area contributed by atoms with Crippen molar-refractivity contribution in [3.63, 3.8) is 0 Å². The maximum Gasteiger partial charge on any atom is 0.222 e. The molecule has 8 nitrogen and oxygen atoms in total. The molecule has 0 radical (unpaired) electrons. The summed E-state index contributed by atoms with van der Waals surface area (Å²) in [5, 5.41) is 14.2. The standard InChI is InChI=1S/C20H29N7O/c1-3-27-11-10-20(9-8-18(27)28)15-26(13-12-25(20)2)14-16-4-6-17(7-5-16)19-21-23-24-22-19/h4-7H,3,8-15H2,1-2H3,(H,21,22,23,24). The molecule has 1 spiro atoms. The van der Waals surface area contributed by atoms with Crippen LogP contribution in [0.4, 0.5) is 0 Å². The molecule has 28 heavy (non-hydrogen) atoms. The molecule has 2 saturated heterocycles. The number of tetrazole rings is 1. The predicted molar refractivity (Wildman–Crippen MR) is 106 cm³/mol. The first-order valence-corrected chi connectivity index (χ1v) is 10.1. The fourth-order valence-electron chi connectivity index (χ4n) is 4.55. The number of likely N-dealkylation sites (tertiary alicyclic amines) is 1. The summed E-state index contributed by atoms with van der Waals surface area (Å²) in [7, 11) is 2.23. The normalized spacial score (nSPS) is 24.6. The zero-order chi connectivity index (χ0) is 19.6. The first kappa shape index (κ1) is 19.0. The third kappa shape index (κ3) is 3.79. The van der Waals surface area contributed by atoms with E-state index in [4.69, 9.17) is 0 Å². The summed E-state index contributed by atoms with van der Waals surface area (Å²) >= 11 is 0. The van der Waals surface area contributed by atoms with Gasteiger partial charge >= 0.3 is 0 Å². The van der Waals surface area contributed by atoms with Gasteiger partial charge in [-0.3, -0.25) is 14.6 Å². The number of aromatic amines is 1. The van der Waals surface area contributed by atoms with E-state index in [9.17, 15) is 4.79 Å². The zero-order valence-corrected chi connectivity index (χ0v) is 16.8. The van der Waals surface area contributed by atoms with Crippen LogP contribution in [0, 0.1) is 0 Å². The Kier molecular flexibility index (Phi) is 5.41. The van der Waals surface area contributed by atoms with Crippen LogP contribution < -0.4 is 0 Å². The van der Waals surface area contributed by atoms with E-state index in [0.29, 0.717) is 18.2 Å². The summed E-state index contributed by atoms with van der Waals surface area (Å²) in [6, 6.07) is 8.39. The van der Waals surface area contributed by atoms with E-state index in [0.717, 1.165) is 57.7 Å². The average molecular weight is 384 g/mol. The number of hydrogen-bond acceptors (Lipinski definition) is 6. The van der Waals surface area contributed by atoms with Crippen LogP contribution in [0.2, 0.25) is 0 Å². The highest BCUT2D eigenvalue weighted by molar-refractivity contribution is 5.76. The smallest absolute Gasteiger partial charge is 0.222 e. The third-order valence-corrected chi connectivity index (χ3v) is 6.43. The van der Waals surface area contributed by atoms with E-state index < -0.39 is 0 Å². The van der Waals surface area contributed by atoms with Crippen LogP contribution >= 0.6 is 0 Å². The lowest BCUT2D eigenvalue weighted by Gasteiger charge is -2.49. The molecule has 1 amide bonds. The Morgan fingerprint density at radius 3 is 2.68 bits per heavy atom. The topological polar surface area (TPSA) is 81.2 Å². The molecule has 0 aliphatic carbocycles. The molecule has 8 heteroatoms. The van der Waals surface area contributed by atoms with Crippen molar-refractivity contribution in [2.75, 3.05) is 39.8 Å². The number of carbonyl (C=O) groups excluding carboxylic acids is 1. The van der Waals surface area contributed by atoms with Crippen LogP contribution in [-0.2, 0) is 11.3 Å². The lowest BCUT2D eigenvalue weighted by Crippen LogP contribution is -2.60. The minimum atomic E-state index is 0.0996. The maximum atomic E-state index is 12.4. The highest BCUT2D eigenvalue weighted by Crippen LogP contribution is 2.32. The lowest BCUT2D eigenvalue weighted by atomic mass is 9.86. The second kappa shape index (κ2) is 7.97. The molecule has 0 saturated carbocycles. The van der Waals surface area contributed by atoms with Crippen LogP contribution in [-0.4, -0.2) is 86.5 Å². The van der Waals surface area contributed by atoms with Gasteiger partial charge in [-0.25, -0.2) is 0 Å². The molecule has 2 aromatic rings. The van der Waals surface area contributed by atoms with E-state index in [-0.39, 0.29) is 5.54 Å². The number of benzene rings is 1. The number of aromatic nitrogens is 4. The largest absolute Gasteiger partial charge is 0.343 e. The van der Waals surface area contributed by atoms with Gasteiger partial charge in [0.25, 0.3) is 0 Å². The zero-order valence-electron chi connectivity index (χ0n) is 16.8. The Morgan fingerprint density at radius 1 is 1.14 bits per heavy atom. The first-order valence-electron chi connectivity index (χ1n) is 10.1. The lowest BCUT2D eigenvalue weighted by molar-refractivity contribution is -0.130. The minimum Gasteiger partial charge on any atom is -0.343 e.